The number of amides is 6. The Kier molecular flexibility index (Phi) is 12.8. The average Bonchev–Trinajstić information content (AvgIpc) is 3.45. The SMILES string of the molecule is CCCCCCSCCC(=O)NN1C(=O)C2CC(C3CC(=O)N(NC(=O)CCc4cc(C(C)(C)C)c(O)c(C(C)(C)C)c4)C3=O)C=C(C)C2C1=O. The Morgan fingerprint density at radius 3 is 2.02 bits per heavy atom. The third-order valence-corrected chi connectivity index (χ3v) is 11.2. The van der Waals surface area contributed by atoms with Gasteiger partial charge >= 0.3 is 0 Å². The van der Waals surface area contributed by atoms with Crippen LogP contribution in [0.5, 0.6) is 5.75 Å². The number of rotatable bonds is 14. The van der Waals surface area contributed by atoms with Crippen LogP contribution in [0.2, 0.25) is 0 Å². The lowest BCUT2D eigenvalue weighted by Gasteiger charge is -2.29. The summed E-state index contributed by atoms with van der Waals surface area (Å²) in [6.45, 7) is 16.0. The van der Waals surface area contributed by atoms with Crippen molar-refractivity contribution >= 4 is 47.2 Å². The van der Waals surface area contributed by atoms with Crippen molar-refractivity contribution in [2.45, 2.75) is 124 Å². The predicted molar refractivity (Wildman–Crippen MR) is 197 cm³/mol. The standard InChI is InChI=1S/C39H56N4O7S/c1-9-10-11-12-16-51-17-15-31(45)41-43-36(49)27-21-25(18-23(2)33(27)37(43)50)26-22-32(46)42(35(26)48)40-30(44)14-13-24-19-28(38(3,4)5)34(47)29(20-24)39(6,7)8/h18-20,25-27,33,47H,9-17,21-22H2,1-8H3,(H,40,44)(H,41,45). The highest BCUT2D eigenvalue weighted by Gasteiger charge is 2.54. The maximum absolute atomic E-state index is 13.5. The minimum Gasteiger partial charge on any atom is -0.507 e. The number of thioether (sulfide) groups is 1. The van der Waals surface area contributed by atoms with Crippen molar-refractivity contribution in [2.24, 2.45) is 23.7 Å². The smallest absolute Gasteiger partial charge is 0.256 e. The van der Waals surface area contributed by atoms with Crippen molar-refractivity contribution in [1.82, 2.24) is 20.9 Å². The second-order valence-corrected chi connectivity index (χ2v) is 17.5. The number of hydrogen-bond acceptors (Lipinski definition) is 8. The number of nitrogens with one attached hydrogen (secondary N) is 2. The van der Waals surface area contributed by atoms with E-state index in [0.717, 1.165) is 51.7 Å². The maximum atomic E-state index is 13.5. The van der Waals surface area contributed by atoms with E-state index < -0.39 is 59.1 Å². The van der Waals surface area contributed by atoms with Gasteiger partial charge in [0.05, 0.1) is 17.8 Å². The number of fused-ring (bicyclic) bond motifs is 1. The molecule has 4 rings (SSSR count). The fraction of sp³-hybridized carbons (Fsp3) is 0.641. The molecule has 2 aliphatic heterocycles. The Bertz CT molecular complexity index is 1540. The van der Waals surface area contributed by atoms with Crippen molar-refractivity contribution < 1.29 is 33.9 Å². The van der Waals surface area contributed by atoms with Gasteiger partial charge in [-0.3, -0.25) is 39.6 Å². The molecule has 2 saturated heterocycles. The molecule has 1 aromatic carbocycles. The molecule has 12 heteroatoms. The first kappa shape index (κ1) is 40.1. The van der Waals surface area contributed by atoms with Gasteiger partial charge in [-0.15, -0.1) is 0 Å². The fourth-order valence-corrected chi connectivity index (χ4v) is 8.22. The van der Waals surface area contributed by atoms with Crippen molar-refractivity contribution in [2.75, 3.05) is 11.5 Å². The highest BCUT2D eigenvalue weighted by molar-refractivity contribution is 7.99. The highest BCUT2D eigenvalue weighted by Crippen LogP contribution is 2.44. The number of imide groups is 2. The Morgan fingerprint density at radius 2 is 1.41 bits per heavy atom. The van der Waals surface area contributed by atoms with Gasteiger partial charge in [0.2, 0.25) is 17.7 Å². The lowest BCUT2D eigenvalue weighted by atomic mass is 9.71. The number of phenolic OH excluding ortho intramolecular Hbond substituents is 1. The molecule has 0 radical (unpaired) electrons. The average molecular weight is 725 g/mol. The summed E-state index contributed by atoms with van der Waals surface area (Å²) in [7, 11) is 0. The van der Waals surface area contributed by atoms with E-state index in [4.69, 9.17) is 0 Å². The van der Waals surface area contributed by atoms with E-state index in [9.17, 15) is 33.9 Å². The van der Waals surface area contributed by atoms with Gasteiger partial charge in [0.15, 0.2) is 0 Å². The molecule has 1 aliphatic carbocycles. The highest BCUT2D eigenvalue weighted by atomic mass is 32.2. The van der Waals surface area contributed by atoms with Crippen molar-refractivity contribution in [3.8, 4) is 5.75 Å². The molecule has 2 heterocycles. The normalized spacial score (nSPS) is 22.4. The fourth-order valence-electron chi connectivity index (χ4n) is 7.28. The van der Waals surface area contributed by atoms with Gasteiger partial charge in [-0.25, -0.2) is 0 Å². The number of aromatic hydroxyl groups is 1. The summed E-state index contributed by atoms with van der Waals surface area (Å²) >= 11 is 1.68. The molecule has 0 spiro atoms. The van der Waals surface area contributed by atoms with Crippen molar-refractivity contribution in [3.63, 3.8) is 0 Å². The number of hydrazine groups is 2. The third-order valence-electron chi connectivity index (χ3n) is 10.1. The van der Waals surface area contributed by atoms with Gasteiger partial charge in [-0.2, -0.15) is 21.8 Å². The Labute approximate surface area is 306 Å². The number of benzene rings is 1. The van der Waals surface area contributed by atoms with Crippen LogP contribution < -0.4 is 10.9 Å². The minimum absolute atomic E-state index is 0.0156. The van der Waals surface area contributed by atoms with Gasteiger partial charge in [0, 0.05) is 25.0 Å². The lowest BCUT2D eigenvalue weighted by molar-refractivity contribution is -0.149. The molecule has 2 fully saturated rings. The quantitative estimate of drug-likeness (QED) is 0.127. The summed E-state index contributed by atoms with van der Waals surface area (Å²) in [5.41, 5.74) is 7.41. The molecule has 0 saturated carbocycles. The molecule has 3 N–H and O–H groups in total. The second-order valence-electron chi connectivity index (χ2n) is 16.3. The molecule has 6 amide bonds. The number of aryl methyl sites for hydroxylation is 1. The van der Waals surface area contributed by atoms with Gasteiger partial charge in [0.25, 0.3) is 17.7 Å². The number of unbranched alkanes of at least 4 members (excludes halogenated alkanes) is 3. The second kappa shape index (κ2) is 16.3. The lowest BCUT2D eigenvalue weighted by Crippen LogP contribution is -2.47. The van der Waals surface area contributed by atoms with Gasteiger partial charge in [-0.1, -0.05) is 91.5 Å². The van der Waals surface area contributed by atoms with E-state index in [0.29, 0.717) is 17.7 Å². The van der Waals surface area contributed by atoms with Crippen LogP contribution in [0.3, 0.4) is 0 Å². The van der Waals surface area contributed by atoms with Crippen LogP contribution in [0.4, 0.5) is 0 Å². The molecule has 4 atom stereocenters. The molecule has 51 heavy (non-hydrogen) atoms. The molecule has 3 aliphatic rings. The number of allylic oxidation sites excluding steroid dienone is 1. The van der Waals surface area contributed by atoms with Crippen molar-refractivity contribution in [3.05, 3.63) is 40.5 Å². The topological polar surface area (TPSA) is 153 Å². The third kappa shape index (κ3) is 9.42. The molecule has 0 aromatic heterocycles. The first-order valence-electron chi connectivity index (χ1n) is 18.3. The van der Waals surface area contributed by atoms with E-state index in [1.54, 1.807) is 24.8 Å². The molecular weight excluding hydrogens is 669 g/mol. The number of hydrogen-bond donors (Lipinski definition) is 3. The summed E-state index contributed by atoms with van der Waals surface area (Å²) in [6.07, 6.45) is 6.98. The van der Waals surface area contributed by atoms with E-state index in [2.05, 4.69) is 17.8 Å². The minimum atomic E-state index is -0.796. The largest absolute Gasteiger partial charge is 0.507 e. The summed E-state index contributed by atoms with van der Waals surface area (Å²) in [5.74, 6) is -3.94. The number of carbonyl (C=O) groups excluding carboxylic acids is 6. The molecule has 11 nitrogen and oxygen atoms in total. The summed E-state index contributed by atoms with van der Waals surface area (Å²) in [6, 6.07) is 3.81. The molecule has 0 bridgehead atoms. The van der Waals surface area contributed by atoms with Crippen LogP contribution in [0.1, 0.15) is 123 Å². The van der Waals surface area contributed by atoms with Gasteiger partial charge in [0.1, 0.15) is 5.75 Å². The van der Waals surface area contributed by atoms with Gasteiger partial charge in [-0.05, 0) is 65.4 Å². The summed E-state index contributed by atoms with van der Waals surface area (Å²) in [5, 5.41) is 12.6. The molecule has 1 aromatic rings. The van der Waals surface area contributed by atoms with Crippen LogP contribution in [0, 0.1) is 23.7 Å². The van der Waals surface area contributed by atoms with Crippen LogP contribution in [-0.2, 0) is 46.0 Å². The zero-order valence-electron chi connectivity index (χ0n) is 31.5. The Morgan fingerprint density at radius 1 is 0.824 bits per heavy atom. The van der Waals surface area contributed by atoms with E-state index in [1.807, 2.05) is 53.7 Å². The van der Waals surface area contributed by atoms with E-state index in [1.165, 1.54) is 6.42 Å². The first-order chi connectivity index (χ1) is 23.8. The summed E-state index contributed by atoms with van der Waals surface area (Å²) in [4.78, 5) is 78.9. The van der Waals surface area contributed by atoms with E-state index in [-0.39, 0.29) is 42.3 Å². The number of phenols is 1. The van der Waals surface area contributed by atoms with Crippen LogP contribution in [0.15, 0.2) is 23.8 Å². The van der Waals surface area contributed by atoms with E-state index >= 15 is 0 Å². The molecule has 280 valence electrons. The Hall–Kier alpha value is -3.67. The monoisotopic (exact) mass is 724 g/mol. The van der Waals surface area contributed by atoms with Gasteiger partial charge < -0.3 is 5.11 Å². The predicted octanol–water partition coefficient (Wildman–Crippen LogP) is 5.63. The maximum Gasteiger partial charge on any atom is 0.256 e. The molecule has 4 unspecified atom stereocenters. The van der Waals surface area contributed by atoms with Crippen molar-refractivity contribution in [1.29, 1.82) is 0 Å². The zero-order chi connectivity index (χ0) is 37.8. The van der Waals surface area contributed by atoms with Crippen LogP contribution in [0.25, 0.3) is 0 Å². The molecular formula is C39H56N4O7S. The number of nitrogens with zero attached hydrogens (tertiary/aromatic N) is 2. The summed E-state index contributed by atoms with van der Waals surface area (Å²) < 4.78 is 0. The van der Waals surface area contributed by atoms with Crippen LogP contribution >= 0.6 is 11.8 Å². The Balaban J connectivity index is 1.35. The van der Waals surface area contributed by atoms with Crippen LogP contribution in [-0.4, -0.2) is 62.1 Å². The zero-order valence-corrected chi connectivity index (χ0v) is 32.3. The first-order valence-corrected chi connectivity index (χ1v) is 19.5. The number of carbonyl (C=O) groups is 6.